The van der Waals surface area contributed by atoms with Gasteiger partial charge in [0, 0.05) is 18.7 Å². The third-order valence-electron chi connectivity index (χ3n) is 3.37. The van der Waals surface area contributed by atoms with Crippen LogP contribution in [-0.4, -0.2) is 29.1 Å². The van der Waals surface area contributed by atoms with Crippen LogP contribution in [0.1, 0.15) is 37.8 Å². The average Bonchev–Trinajstić information content (AvgIpc) is 2.38. The first kappa shape index (κ1) is 15.4. The Morgan fingerprint density at radius 3 is 2.63 bits per heavy atom. The quantitative estimate of drug-likeness (QED) is 0.765. The smallest absolute Gasteiger partial charge is 0.328 e. The van der Waals surface area contributed by atoms with E-state index in [2.05, 4.69) is 31.9 Å². The van der Waals surface area contributed by atoms with E-state index < -0.39 is 5.97 Å². The third kappa shape index (κ3) is 5.26. The summed E-state index contributed by atoms with van der Waals surface area (Å²) in [6.07, 6.45) is 5.09. The summed E-state index contributed by atoms with van der Waals surface area (Å²) in [6.45, 7) is 5.30. The molecule has 0 amide bonds. The Bertz CT molecular complexity index is 436. The fourth-order valence-corrected chi connectivity index (χ4v) is 2.29. The molecule has 19 heavy (non-hydrogen) atoms. The molecule has 0 fully saturated rings. The molecule has 3 nitrogen and oxygen atoms in total. The predicted octanol–water partition coefficient (Wildman–Crippen LogP) is 3.40. The fourth-order valence-electron chi connectivity index (χ4n) is 2.29. The molecule has 1 aromatic carbocycles. The summed E-state index contributed by atoms with van der Waals surface area (Å²) in [5.41, 5.74) is 2.14. The maximum atomic E-state index is 10.5. The Morgan fingerprint density at radius 1 is 1.37 bits per heavy atom. The Balaban J connectivity index is 2.74. The molecule has 0 aliphatic heterocycles. The Morgan fingerprint density at radius 2 is 2.05 bits per heavy atom. The van der Waals surface area contributed by atoms with E-state index in [4.69, 9.17) is 5.11 Å². The highest BCUT2D eigenvalue weighted by Crippen LogP contribution is 2.13. The van der Waals surface area contributed by atoms with Crippen LogP contribution in [0.2, 0.25) is 0 Å². The second-order valence-corrected chi connectivity index (χ2v) is 4.80. The molecule has 0 radical (unpaired) electrons. The number of hydrogen-bond acceptors (Lipinski definition) is 2. The summed E-state index contributed by atoms with van der Waals surface area (Å²) < 4.78 is 0. The normalized spacial score (nSPS) is 11.6. The highest BCUT2D eigenvalue weighted by atomic mass is 16.4. The molecule has 0 aromatic heterocycles. The molecule has 1 N–H and O–H groups in total. The molecular formula is C16H23NO2. The minimum atomic E-state index is -0.917. The van der Waals surface area contributed by atoms with Crippen LogP contribution < -0.4 is 0 Å². The first-order valence-electron chi connectivity index (χ1n) is 6.77. The van der Waals surface area contributed by atoms with Crippen LogP contribution >= 0.6 is 0 Å². The second kappa shape index (κ2) is 7.74. The first-order chi connectivity index (χ1) is 9.06. The summed E-state index contributed by atoms with van der Waals surface area (Å²) in [5.74, 6) is -0.917. The number of carbonyl (C=O) groups is 1. The van der Waals surface area contributed by atoms with Crippen molar-refractivity contribution in [2.24, 2.45) is 0 Å². The molecule has 0 aliphatic carbocycles. The Kier molecular flexibility index (Phi) is 6.30. The number of nitrogens with zero attached hydrogens (tertiary/aromatic N) is 1. The number of carboxylic acids is 1. The Labute approximate surface area is 115 Å². The maximum absolute atomic E-state index is 10.5. The summed E-state index contributed by atoms with van der Waals surface area (Å²) in [4.78, 5) is 12.9. The van der Waals surface area contributed by atoms with Crippen molar-refractivity contribution in [3.8, 4) is 0 Å². The molecule has 0 saturated carbocycles. The lowest BCUT2D eigenvalue weighted by molar-refractivity contribution is -0.131. The van der Waals surface area contributed by atoms with Crippen molar-refractivity contribution in [1.29, 1.82) is 0 Å². The molecule has 1 aromatic rings. The molecule has 0 heterocycles. The van der Waals surface area contributed by atoms with Crippen molar-refractivity contribution in [2.45, 2.75) is 39.3 Å². The van der Waals surface area contributed by atoms with Gasteiger partial charge in [-0.15, -0.1) is 0 Å². The first-order valence-corrected chi connectivity index (χ1v) is 6.77. The summed E-state index contributed by atoms with van der Waals surface area (Å²) in [6, 6.07) is 8.60. The zero-order valence-corrected chi connectivity index (χ0v) is 12.0. The third-order valence-corrected chi connectivity index (χ3v) is 3.37. The second-order valence-electron chi connectivity index (χ2n) is 4.80. The number of aliphatic carboxylic acids is 1. The molecule has 0 unspecified atom stereocenters. The summed E-state index contributed by atoms with van der Waals surface area (Å²) in [5, 5.41) is 8.63. The van der Waals surface area contributed by atoms with E-state index in [-0.39, 0.29) is 0 Å². The van der Waals surface area contributed by atoms with Crippen molar-refractivity contribution in [2.75, 3.05) is 7.05 Å². The minimum absolute atomic E-state index is 0.596. The van der Waals surface area contributed by atoms with Crippen molar-refractivity contribution < 1.29 is 9.90 Å². The summed E-state index contributed by atoms with van der Waals surface area (Å²) >= 11 is 0. The fraction of sp³-hybridized carbons (Fsp3) is 0.438. The monoisotopic (exact) mass is 261 g/mol. The van der Waals surface area contributed by atoms with Gasteiger partial charge in [-0.1, -0.05) is 38.1 Å². The molecule has 0 bridgehead atoms. The lowest BCUT2D eigenvalue weighted by Gasteiger charge is -2.26. The van der Waals surface area contributed by atoms with E-state index in [9.17, 15) is 4.79 Å². The van der Waals surface area contributed by atoms with E-state index in [0.29, 0.717) is 6.04 Å². The van der Waals surface area contributed by atoms with Gasteiger partial charge >= 0.3 is 5.97 Å². The maximum Gasteiger partial charge on any atom is 0.328 e. The van der Waals surface area contributed by atoms with Crippen LogP contribution in [0.4, 0.5) is 0 Å². The Hall–Kier alpha value is -1.61. The van der Waals surface area contributed by atoms with Crippen molar-refractivity contribution in [1.82, 2.24) is 4.90 Å². The highest BCUT2D eigenvalue weighted by Gasteiger charge is 2.10. The van der Waals surface area contributed by atoms with Crippen molar-refractivity contribution in [3.05, 3.63) is 41.5 Å². The van der Waals surface area contributed by atoms with Crippen LogP contribution in [0.15, 0.2) is 30.3 Å². The van der Waals surface area contributed by atoms with Gasteiger partial charge in [0.05, 0.1) is 0 Å². The number of carboxylic acid groups (broad SMARTS) is 1. The number of benzene rings is 1. The zero-order chi connectivity index (χ0) is 14.3. The molecule has 0 saturated heterocycles. The number of rotatable bonds is 7. The lowest BCUT2D eigenvalue weighted by atomic mass is 10.1. The van der Waals surface area contributed by atoms with Crippen molar-refractivity contribution >= 4 is 12.0 Å². The largest absolute Gasteiger partial charge is 0.478 e. The SMILES string of the molecule is CCC(CC)N(C)Cc1cccc(C=CC(=O)O)c1. The molecule has 0 spiro atoms. The van der Waals surface area contributed by atoms with Gasteiger partial charge in [-0.3, -0.25) is 4.90 Å². The van der Waals surface area contributed by atoms with Crippen LogP contribution in [0, 0.1) is 0 Å². The lowest BCUT2D eigenvalue weighted by Crippen LogP contribution is -2.29. The van der Waals surface area contributed by atoms with Crippen LogP contribution in [0.25, 0.3) is 6.08 Å². The molecule has 3 heteroatoms. The van der Waals surface area contributed by atoms with Gasteiger partial charge < -0.3 is 5.11 Å². The number of hydrogen-bond donors (Lipinski definition) is 1. The summed E-state index contributed by atoms with van der Waals surface area (Å²) in [7, 11) is 2.14. The van der Waals surface area contributed by atoms with Gasteiger partial charge in [-0.2, -0.15) is 0 Å². The van der Waals surface area contributed by atoms with Gasteiger partial charge in [0.15, 0.2) is 0 Å². The standard InChI is InChI=1S/C16H23NO2/c1-4-15(5-2)17(3)12-14-8-6-7-13(11-14)9-10-16(18)19/h6-11,15H,4-5,12H2,1-3H3,(H,18,19). The van der Waals surface area contributed by atoms with E-state index >= 15 is 0 Å². The molecule has 104 valence electrons. The zero-order valence-electron chi connectivity index (χ0n) is 12.0. The van der Waals surface area contributed by atoms with Crippen LogP contribution in [-0.2, 0) is 11.3 Å². The molecule has 0 atom stereocenters. The van der Waals surface area contributed by atoms with E-state index in [1.54, 1.807) is 6.08 Å². The molecular weight excluding hydrogens is 238 g/mol. The molecule has 0 aliphatic rings. The minimum Gasteiger partial charge on any atom is -0.478 e. The predicted molar refractivity (Wildman–Crippen MR) is 78.9 cm³/mol. The molecule has 1 rings (SSSR count). The van der Waals surface area contributed by atoms with E-state index in [1.165, 1.54) is 11.6 Å². The van der Waals surface area contributed by atoms with Gasteiger partial charge in [-0.05, 0) is 37.1 Å². The van der Waals surface area contributed by atoms with E-state index in [1.807, 2.05) is 18.2 Å². The van der Waals surface area contributed by atoms with Gasteiger partial charge in [0.25, 0.3) is 0 Å². The van der Waals surface area contributed by atoms with Crippen LogP contribution in [0.5, 0.6) is 0 Å². The van der Waals surface area contributed by atoms with Gasteiger partial charge in [-0.25, -0.2) is 4.79 Å². The van der Waals surface area contributed by atoms with Crippen LogP contribution in [0.3, 0.4) is 0 Å². The highest BCUT2D eigenvalue weighted by molar-refractivity contribution is 5.85. The topological polar surface area (TPSA) is 40.5 Å². The van der Waals surface area contributed by atoms with Gasteiger partial charge in [0.1, 0.15) is 0 Å². The van der Waals surface area contributed by atoms with Crippen molar-refractivity contribution in [3.63, 3.8) is 0 Å². The van der Waals surface area contributed by atoms with E-state index in [0.717, 1.165) is 24.9 Å². The van der Waals surface area contributed by atoms with Gasteiger partial charge in [0.2, 0.25) is 0 Å². The average molecular weight is 261 g/mol.